The molecule has 0 aliphatic heterocycles. The molecule has 0 aliphatic rings. The Morgan fingerprint density at radius 1 is 1.05 bits per heavy atom. The number of aryl methyl sites for hydroxylation is 1. The van der Waals surface area contributed by atoms with Crippen LogP contribution in [0.2, 0.25) is 0 Å². The van der Waals surface area contributed by atoms with E-state index in [2.05, 4.69) is 0 Å². The van der Waals surface area contributed by atoms with Crippen LogP contribution in [0.15, 0.2) is 54.7 Å². The molecular weight excluding hydrogens is 286 g/mol. The van der Waals surface area contributed by atoms with Gasteiger partial charge in [0.25, 0.3) is 11.0 Å². The number of pyridine rings is 1. The third-order valence-electron chi connectivity index (χ3n) is 3.40. The van der Waals surface area contributed by atoms with Crippen LogP contribution in [-0.4, -0.2) is 15.4 Å². The molecule has 3 nitrogen and oxygen atoms in total. The standard InChI is InChI=1S/C17H12ClNO2/c1-11-5-4-6-12(9-11)14-10-13-7-2-3-8-19(13)15(14)16(20)17(18)21/h2-10H,1H3. The van der Waals surface area contributed by atoms with Gasteiger partial charge in [-0.1, -0.05) is 35.9 Å². The minimum Gasteiger partial charge on any atom is -0.313 e. The Morgan fingerprint density at radius 3 is 2.57 bits per heavy atom. The van der Waals surface area contributed by atoms with Gasteiger partial charge in [0.1, 0.15) is 5.69 Å². The van der Waals surface area contributed by atoms with Gasteiger partial charge in [-0.2, -0.15) is 0 Å². The molecule has 2 heterocycles. The van der Waals surface area contributed by atoms with Crippen molar-refractivity contribution in [1.82, 2.24) is 4.40 Å². The van der Waals surface area contributed by atoms with Crippen molar-refractivity contribution in [2.75, 3.05) is 0 Å². The zero-order valence-corrected chi connectivity index (χ0v) is 12.1. The van der Waals surface area contributed by atoms with E-state index in [-0.39, 0.29) is 0 Å². The normalized spacial score (nSPS) is 10.8. The number of hydrogen-bond acceptors (Lipinski definition) is 2. The molecule has 0 saturated heterocycles. The summed E-state index contributed by atoms with van der Waals surface area (Å²) in [5, 5.41) is -0.979. The number of Topliss-reactive ketones (excluding diaryl/α,β-unsaturated/α-hetero) is 1. The van der Waals surface area contributed by atoms with Gasteiger partial charge < -0.3 is 4.40 Å². The first-order valence-corrected chi connectivity index (χ1v) is 6.87. The highest BCUT2D eigenvalue weighted by atomic mass is 35.5. The van der Waals surface area contributed by atoms with Crippen molar-refractivity contribution < 1.29 is 9.59 Å². The van der Waals surface area contributed by atoms with Gasteiger partial charge in [0.05, 0.1) is 0 Å². The second-order valence-corrected chi connectivity index (χ2v) is 5.22. The Labute approximate surface area is 126 Å². The maximum atomic E-state index is 12.2. The number of hydrogen-bond donors (Lipinski definition) is 0. The van der Waals surface area contributed by atoms with E-state index in [1.807, 2.05) is 55.5 Å². The summed E-state index contributed by atoms with van der Waals surface area (Å²) in [6.45, 7) is 1.98. The second-order valence-electron chi connectivity index (χ2n) is 4.87. The SMILES string of the molecule is Cc1cccc(-c2cc3ccccn3c2C(=O)C(=O)Cl)c1. The Kier molecular flexibility index (Phi) is 3.35. The third-order valence-corrected chi connectivity index (χ3v) is 3.57. The first kappa shape index (κ1) is 13.6. The molecule has 0 aliphatic carbocycles. The highest BCUT2D eigenvalue weighted by molar-refractivity contribution is 6.83. The fourth-order valence-electron chi connectivity index (χ4n) is 2.48. The van der Waals surface area contributed by atoms with Gasteiger partial charge in [-0.05, 0) is 42.3 Å². The van der Waals surface area contributed by atoms with Gasteiger partial charge >= 0.3 is 0 Å². The van der Waals surface area contributed by atoms with Gasteiger partial charge in [-0.25, -0.2) is 0 Å². The molecule has 2 aromatic heterocycles. The van der Waals surface area contributed by atoms with Crippen LogP contribution in [0.25, 0.3) is 16.6 Å². The topological polar surface area (TPSA) is 38.5 Å². The Bertz CT molecular complexity index is 864. The van der Waals surface area contributed by atoms with Crippen LogP contribution in [0.3, 0.4) is 0 Å². The number of aromatic nitrogens is 1. The molecular formula is C17H12ClNO2. The van der Waals surface area contributed by atoms with Crippen molar-refractivity contribution in [3.8, 4) is 11.1 Å². The molecule has 3 aromatic rings. The summed E-state index contributed by atoms with van der Waals surface area (Å²) < 4.78 is 1.69. The molecule has 0 unspecified atom stereocenters. The molecule has 1 aromatic carbocycles. The zero-order valence-electron chi connectivity index (χ0n) is 11.3. The molecule has 0 fully saturated rings. The fraction of sp³-hybridized carbons (Fsp3) is 0.0588. The molecule has 0 N–H and O–H groups in total. The average Bonchev–Trinajstić information content (AvgIpc) is 2.85. The molecule has 4 heteroatoms. The van der Waals surface area contributed by atoms with Gasteiger partial charge in [-0.15, -0.1) is 0 Å². The number of halogens is 1. The fourth-order valence-corrected chi connectivity index (χ4v) is 2.57. The zero-order chi connectivity index (χ0) is 15.0. The average molecular weight is 298 g/mol. The largest absolute Gasteiger partial charge is 0.313 e. The highest BCUT2D eigenvalue weighted by Gasteiger charge is 2.23. The van der Waals surface area contributed by atoms with E-state index >= 15 is 0 Å². The van der Waals surface area contributed by atoms with Crippen LogP contribution < -0.4 is 0 Å². The van der Waals surface area contributed by atoms with Crippen molar-refractivity contribution in [1.29, 1.82) is 0 Å². The maximum Gasteiger partial charge on any atom is 0.294 e. The molecule has 0 bridgehead atoms. The van der Waals surface area contributed by atoms with Gasteiger partial charge in [0.15, 0.2) is 0 Å². The van der Waals surface area contributed by atoms with Crippen LogP contribution in [0.5, 0.6) is 0 Å². The van der Waals surface area contributed by atoms with E-state index < -0.39 is 11.0 Å². The number of benzene rings is 1. The van der Waals surface area contributed by atoms with E-state index in [9.17, 15) is 9.59 Å². The lowest BCUT2D eigenvalue weighted by molar-refractivity contribution is -0.108. The highest BCUT2D eigenvalue weighted by Crippen LogP contribution is 2.29. The lowest BCUT2D eigenvalue weighted by Crippen LogP contribution is -2.11. The minimum atomic E-state index is -0.979. The summed E-state index contributed by atoms with van der Waals surface area (Å²) in [5.74, 6) is -0.695. The van der Waals surface area contributed by atoms with Crippen LogP contribution in [-0.2, 0) is 4.79 Å². The van der Waals surface area contributed by atoms with Crippen molar-refractivity contribution in [3.05, 3.63) is 66.0 Å². The van der Waals surface area contributed by atoms with Gasteiger partial charge in [-0.3, -0.25) is 9.59 Å². The number of carbonyl (C=O) groups is 2. The Balaban J connectivity index is 2.34. The minimum absolute atomic E-state index is 0.302. The second kappa shape index (κ2) is 5.19. The summed E-state index contributed by atoms with van der Waals surface area (Å²) in [6, 6.07) is 15.3. The summed E-state index contributed by atoms with van der Waals surface area (Å²) in [6.07, 6.45) is 1.75. The quantitative estimate of drug-likeness (QED) is 0.418. The maximum absolute atomic E-state index is 12.2. The Morgan fingerprint density at radius 2 is 1.86 bits per heavy atom. The van der Waals surface area contributed by atoms with Crippen molar-refractivity contribution in [3.63, 3.8) is 0 Å². The molecule has 3 rings (SSSR count). The van der Waals surface area contributed by atoms with Crippen LogP contribution >= 0.6 is 11.6 Å². The van der Waals surface area contributed by atoms with E-state index in [0.29, 0.717) is 11.3 Å². The van der Waals surface area contributed by atoms with Gasteiger partial charge in [0, 0.05) is 17.3 Å². The number of nitrogens with zero attached hydrogens (tertiary/aromatic N) is 1. The summed E-state index contributed by atoms with van der Waals surface area (Å²) in [7, 11) is 0. The monoisotopic (exact) mass is 297 g/mol. The van der Waals surface area contributed by atoms with E-state index in [0.717, 1.165) is 16.6 Å². The first-order chi connectivity index (χ1) is 10.1. The molecule has 0 spiro atoms. The van der Waals surface area contributed by atoms with Crippen molar-refractivity contribution >= 4 is 28.1 Å². The number of fused-ring (bicyclic) bond motifs is 1. The number of carbonyl (C=O) groups excluding carboxylic acids is 2. The van der Waals surface area contributed by atoms with Crippen LogP contribution in [0, 0.1) is 6.92 Å². The van der Waals surface area contributed by atoms with Crippen LogP contribution in [0.1, 0.15) is 16.1 Å². The Hall–Kier alpha value is -2.39. The molecule has 0 amide bonds. The molecule has 21 heavy (non-hydrogen) atoms. The van der Waals surface area contributed by atoms with E-state index in [1.165, 1.54) is 0 Å². The van der Waals surface area contributed by atoms with Crippen molar-refractivity contribution in [2.45, 2.75) is 6.92 Å². The number of rotatable bonds is 3. The smallest absolute Gasteiger partial charge is 0.294 e. The third kappa shape index (κ3) is 2.36. The first-order valence-electron chi connectivity index (χ1n) is 6.49. The molecule has 0 radical (unpaired) electrons. The predicted octanol–water partition coefficient (Wildman–Crippen LogP) is 3.86. The van der Waals surface area contributed by atoms with Crippen LogP contribution in [0.4, 0.5) is 0 Å². The summed E-state index contributed by atoms with van der Waals surface area (Å²) in [4.78, 5) is 23.5. The molecule has 0 atom stereocenters. The summed E-state index contributed by atoms with van der Waals surface area (Å²) >= 11 is 5.41. The number of ketones is 1. The lowest BCUT2D eigenvalue weighted by Gasteiger charge is -2.04. The molecule has 104 valence electrons. The lowest BCUT2D eigenvalue weighted by atomic mass is 10.0. The van der Waals surface area contributed by atoms with Gasteiger partial charge in [0.2, 0.25) is 0 Å². The molecule has 0 saturated carbocycles. The van der Waals surface area contributed by atoms with Crippen molar-refractivity contribution in [2.24, 2.45) is 0 Å². The predicted molar refractivity (Wildman–Crippen MR) is 82.8 cm³/mol. The van der Waals surface area contributed by atoms with E-state index in [4.69, 9.17) is 11.6 Å². The van der Waals surface area contributed by atoms with E-state index in [1.54, 1.807) is 10.6 Å². The summed E-state index contributed by atoms with van der Waals surface area (Å²) in [5.41, 5.74) is 3.83.